The van der Waals surface area contributed by atoms with E-state index >= 15 is 0 Å². The second-order valence-corrected chi connectivity index (χ2v) is 9.16. The van der Waals surface area contributed by atoms with Gasteiger partial charge in [0.2, 0.25) is 0 Å². The first-order chi connectivity index (χ1) is 15.8. The van der Waals surface area contributed by atoms with Crippen molar-refractivity contribution in [3.8, 4) is 5.75 Å². The van der Waals surface area contributed by atoms with Crippen LogP contribution in [0.25, 0.3) is 0 Å². The molecule has 0 atom stereocenters. The SMILES string of the molecule is CC(C)c1cccc(OC(=O)c2ccc(NC3=C(Cl)C(=O)N(C4CCCCC4)C3=O)cc2)c1. The lowest BCUT2D eigenvalue weighted by molar-refractivity contribution is -0.140. The minimum Gasteiger partial charge on any atom is -0.423 e. The monoisotopic (exact) mass is 466 g/mol. The summed E-state index contributed by atoms with van der Waals surface area (Å²) in [7, 11) is 0. The molecule has 4 rings (SSSR count). The van der Waals surface area contributed by atoms with Crippen molar-refractivity contribution in [1.82, 2.24) is 4.90 Å². The molecule has 0 radical (unpaired) electrons. The third-order valence-electron chi connectivity index (χ3n) is 6.12. The molecule has 0 bridgehead atoms. The van der Waals surface area contributed by atoms with Gasteiger partial charge in [0.25, 0.3) is 11.8 Å². The maximum absolute atomic E-state index is 12.9. The van der Waals surface area contributed by atoms with E-state index in [0.717, 1.165) is 37.7 Å². The van der Waals surface area contributed by atoms with Crippen molar-refractivity contribution >= 4 is 35.1 Å². The molecule has 172 valence electrons. The van der Waals surface area contributed by atoms with Crippen LogP contribution in [0.1, 0.15) is 67.8 Å². The fourth-order valence-electron chi connectivity index (χ4n) is 4.24. The Morgan fingerprint density at radius 3 is 2.39 bits per heavy atom. The number of carbonyl (C=O) groups is 3. The maximum atomic E-state index is 12.9. The lowest BCUT2D eigenvalue weighted by Gasteiger charge is -2.29. The van der Waals surface area contributed by atoms with Crippen molar-refractivity contribution in [2.45, 2.75) is 57.9 Å². The topological polar surface area (TPSA) is 75.7 Å². The van der Waals surface area contributed by atoms with Crippen molar-refractivity contribution in [3.63, 3.8) is 0 Å². The van der Waals surface area contributed by atoms with Crippen LogP contribution in [0.2, 0.25) is 0 Å². The molecule has 0 saturated heterocycles. The van der Waals surface area contributed by atoms with Crippen LogP contribution in [0, 0.1) is 0 Å². The fourth-order valence-corrected chi connectivity index (χ4v) is 4.45. The molecule has 1 N–H and O–H groups in total. The van der Waals surface area contributed by atoms with Gasteiger partial charge >= 0.3 is 5.97 Å². The van der Waals surface area contributed by atoms with E-state index in [1.54, 1.807) is 30.3 Å². The highest BCUT2D eigenvalue weighted by Gasteiger charge is 2.42. The van der Waals surface area contributed by atoms with Crippen LogP contribution in [-0.2, 0) is 9.59 Å². The first-order valence-electron chi connectivity index (χ1n) is 11.3. The van der Waals surface area contributed by atoms with Gasteiger partial charge in [-0.1, -0.05) is 56.8 Å². The zero-order valence-electron chi connectivity index (χ0n) is 18.8. The van der Waals surface area contributed by atoms with Crippen molar-refractivity contribution in [2.24, 2.45) is 0 Å². The molecule has 1 saturated carbocycles. The molecule has 1 fully saturated rings. The molecule has 1 aliphatic heterocycles. The number of rotatable bonds is 6. The summed E-state index contributed by atoms with van der Waals surface area (Å²) >= 11 is 6.23. The smallest absolute Gasteiger partial charge is 0.343 e. The summed E-state index contributed by atoms with van der Waals surface area (Å²) in [5.41, 5.74) is 2.08. The van der Waals surface area contributed by atoms with Gasteiger partial charge in [-0.25, -0.2) is 4.79 Å². The second-order valence-electron chi connectivity index (χ2n) is 8.78. The first-order valence-corrected chi connectivity index (χ1v) is 11.7. The highest BCUT2D eigenvalue weighted by molar-refractivity contribution is 6.48. The number of amides is 2. The molecule has 2 aromatic rings. The summed E-state index contributed by atoms with van der Waals surface area (Å²) in [4.78, 5) is 39.4. The second kappa shape index (κ2) is 9.79. The Labute approximate surface area is 198 Å². The van der Waals surface area contributed by atoms with E-state index in [1.807, 2.05) is 18.2 Å². The van der Waals surface area contributed by atoms with E-state index in [0.29, 0.717) is 22.9 Å². The highest BCUT2D eigenvalue weighted by Crippen LogP contribution is 2.32. The van der Waals surface area contributed by atoms with E-state index in [9.17, 15) is 14.4 Å². The minimum atomic E-state index is -0.477. The van der Waals surface area contributed by atoms with Crippen LogP contribution < -0.4 is 10.1 Å². The number of esters is 1. The molecule has 7 heteroatoms. The zero-order valence-corrected chi connectivity index (χ0v) is 19.5. The van der Waals surface area contributed by atoms with Crippen LogP contribution in [0.5, 0.6) is 5.75 Å². The minimum absolute atomic E-state index is 0.0769. The molecule has 0 unspecified atom stereocenters. The average molecular weight is 467 g/mol. The third kappa shape index (κ3) is 4.96. The summed E-state index contributed by atoms with van der Waals surface area (Å²) in [6, 6.07) is 13.9. The summed E-state index contributed by atoms with van der Waals surface area (Å²) in [5.74, 6) is -0.502. The summed E-state index contributed by atoms with van der Waals surface area (Å²) in [6.45, 7) is 4.15. The predicted octanol–water partition coefficient (Wildman–Crippen LogP) is 5.59. The Bertz CT molecular complexity index is 1100. The zero-order chi connectivity index (χ0) is 23.5. The average Bonchev–Trinajstić information content (AvgIpc) is 3.03. The van der Waals surface area contributed by atoms with Crippen molar-refractivity contribution in [1.29, 1.82) is 0 Å². The van der Waals surface area contributed by atoms with Gasteiger partial charge in [-0.15, -0.1) is 0 Å². The Hall–Kier alpha value is -3.12. The molecule has 33 heavy (non-hydrogen) atoms. The molecule has 2 amide bonds. The number of nitrogens with one attached hydrogen (secondary N) is 1. The van der Waals surface area contributed by atoms with E-state index < -0.39 is 17.8 Å². The van der Waals surface area contributed by atoms with Gasteiger partial charge in [0.05, 0.1) is 5.56 Å². The molecule has 1 heterocycles. The third-order valence-corrected chi connectivity index (χ3v) is 6.47. The summed E-state index contributed by atoms with van der Waals surface area (Å²) < 4.78 is 5.50. The standard InChI is InChI=1S/C26H27ClN2O4/c1-16(2)18-7-6-10-21(15-18)33-26(32)17-11-13-19(14-12-17)28-23-22(27)24(30)29(25(23)31)20-8-4-3-5-9-20/h6-7,10-16,20,28H,3-5,8-9H2,1-2H3. The lowest BCUT2D eigenvalue weighted by atomic mass is 9.94. The molecule has 6 nitrogen and oxygen atoms in total. The van der Waals surface area contributed by atoms with E-state index in [1.165, 1.54) is 4.90 Å². The van der Waals surface area contributed by atoms with Gasteiger partial charge in [-0.05, 0) is 60.7 Å². The van der Waals surface area contributed by atoms with E-state index in [2.05, 4.69) is 19.2 Å². The number of hydrogen-bond donors (Lipinski definition) is 1. The summed E-state index contributed by atoms with van der Waals surface area (Å²) in [5, 5.41) is 2.86. The van der Waals surface area contributed by atoms with Gasteiger partial charge < -0.3 is 10.1 Å². The molecule has 2 aromatic carbocycles. The van der Waals surface area contributed by atoms with Gasteiger partial charge in [0, 0.05) is 11.7 Å². The number of hydrogen-bond acceptors (Lipinski definition) is 5. The molecule has 2 aliphatic rings. The number of carbonyl (C=O) groups excluding carboxylic acids is 3. The van der Waals surface area contributed by atoms with Crippen molar-refractivity contribution < 1.29 is 19.1 Å². The molecule has 0 spiro atoms. The number of ether oxygens (including phenoxy) is 1. The predicted molar refractivity (Wildman–Crippen MR) is 127 cm³/mol. The van der Waals surface area contributed by atoms with Crippen molar-refractivity contribution in [2.75, 3.05) is 5.32 Å². The number of nitrogens with zero attached hydrogens (tertiary/aromatic N) is 1. The fraction of sp³-hybridized carbons (Fsp3) is 0.346. The number of anilines is 1. The van der Waals surface area contributed by atoms with Gasteiger partial charge in [0.15, 0.2) is 0 Å². The molecular formula is C26H27ClN2O4. The van der Waals surface area contributed by atoms with Gasteiger partial charge in [-0.3, -0.25) is 14.5 Å². The van der Waals surface area contributed by atoms with Crippen LogP contribution >= 0.6 is 11.6 Å². The number of benzene rings is 2. The quantitative estimate of drug-likeness (QED) is 0.341. The van der Waals surface area contributed by atoms with Crippen LogP contribution in [0.3, 0.4) is 0 Å². The number of imide groups is 1. The molecule has 1 aliphatic carbocycles. The van der Waals surface area contributed by atoms with Crippen molar-refractivity contribution in [3.05, 3.63) is 70.4 Å². The lowest BCUT2D eigenvalue weighted by Crippen LogP contribution is -2.42. The Kier molecular flexibility index (Phi) is 6.84. The first kappa shape index (κ1) is 23.1. The van der Waals surface area contributed by atoms with Crippen LogP contribution in [0.4, 0.5) is 5.69 Å². The summed E-state index contributed by atoms with van der Waals surface area (Å²) in [6.07, 6.45) is 4.75. The Morgan fingerprint density at radius 2 is 1.73 bits per heavy atom. The normalized spacial score (nSPS) is 17.2. The Balaban J connectivity index is 1.43. The highest BCUT2D eigenvalue weighted by atomic mass is 35.5. The molecular weight excluding hydrogens is 440 g/mol. The van der Waals surface area contributed by atoms with E-state index in [-0.39, 0.29) is 16.8 Å². The van der Waals surface area contributed by atoms with E-state index in [4.69, 9.17) is 16.3 Å². The van der Waals surface area contributed by atoms with Crippen LogP contribution in [0.15, 0.2) is 59.3 Å². The Morgan fingerprint density at radius 1 is 1.03 bits per heavy atom. The van der Waals surface area contributed by atoms with Gasteiger partial charge in [0.1, 0.15) is 16.5 Å². The van der Waals surface area contributed by atoms with Crippen LogP contribution in [-0.4, -0.2) is 28.7 Å². The molecule has 0 aromatic heterocycles. The number of halogens is 1. The maximum Gasteiger partial charge on any atom is 0.343 e. The van der Waals surface area contributed by atoms with Gasteiger partial charge in [-0.2, -0.15) is 0 Å². The largest absolute Gasteiger partial charge is 0.423 e.